The first kappa shape index (κ1) is 12.9. The van der Waals surface area contributed by atoms with Crippen LogP contribution >= 0.6 is 0 Å². The van der Waals surface area contributed by atoms with Crippen molar-refractivity contribution < 1.29 is 4.79 Å². The maximum absolute atomic E-state index is 12.1. The van der Waals surface area contributed by atoms with Crippen molar-refractivity contribution in [1.82, 2.24) is 15.5 Å². The van der Waals surface area contributed by atoms with Crippen LogP contribution in [0, 0.1) is 0 Å². The van der Waals surface area contributed by atoms with Crippen LogP contribution in [0.4, 0.5) is 4.79 Å². The molecule has 0 aromatic heterocycles. The molecule has 1 aromatic rings. The second-order valence-corrected chi connectivity index (χ2v) is 4.95. The molecule has 1 aromatic carbocycles. The predicted octanol–water partition coefficient (Wildman–Crippen LogP) is 1.58. The Morgan fingerprint density at radius 2 is 2.11 bits per heavy atom. The van der Waals surface area contributed by atoms with Crippen molar-refractivity contribution in [3.63, 3.8) is 0 Å². The third-order valence-electron chi connectivity index (χ3n) is 3.31. The second-order valence-electron chi connectivity index (χ2n) is 4.95. The minimum absolute atomic E-state index is 0.0275. The molecule has 1 aliphatic rings. The van der Waals surface area contributed by atoms with Gasteiger partial charge in [0.1, 0.15) is 0 Å². The topological polar surface area (TPSA) is 44.4 Å². The van der Waals surface area contributed by atoms with Crippen LogP contribution < -0.4 is 10.6 Å². The van der Waals surface area contributed by atoms with Crippen LogP contribution in [0.15, 0.2) is 30.3 Å². The molecule has 1 fully saturated rings. The average Bonchev–Trinajstić information content (AvgIpc) is 2.40. The summed E-state index contributed by atoms with van der Waals surface area (Å²) in [6, 6.07) is 10.6. The minimum Gasteiger partial charge on any atom is -0.334 e. The van der Waals surface area contributed by atoms with Crippen LogP contribution in [-0.4, -0.2) is 36.1 Å². The smallest absolute Gasteiger partial charge is 0.318 e. The summed E-state index contributed by atoms with van der Waals surface area (Å²) in [5, 5.41) is 6.35. The van der Waals surface area contributed by atoms with Gasteiger partial charge in [0.25, 0.3) is 0 Å². The highest BCUT2D eigenvalue weighted by atomic mass is 16.2. The molecule has 2 N–H and O–H groups in total. The molecule has 4 nitrogen and oxygen atoms in total. The maximum atomic E-state index is 12.1. The van der Waals surface area contributed by atoms with E-state index in [1.165, 1.54) is 0 Å². The largest absolute Gasteiger partial charge is 0.334 e. The SMILES string of the molecule is CC1CN(C(=O)NCc2ccccc2)C(C)CN1. The van der Waals surface area contributed by atoms with Crippen LogP contribution in [0.1, 0.15) is 19.4 Å². The van der Waals surface area contributed by atoms with Gasteiger partial charge >= 0.3 is 6.03 Å². The number of nitrogens with one attached hydrogen (secondary N) is 2. The molecule has 1 saturated heterocycles. The van der Waals surface area contributed by atoms with E-state index in [9.17, 15) is 4.79 Å². The molecule has 2 rings (SSSR count). The summed E-state index contributed by atoms with van der Waals surface area (Å²) in [7, 11) is 0. The lowest BCUT2D eigenvalue weighted by Gasteiger charge is -2.37. The normalized spacial score (nSPS) is 23.8. The first-order valence-electron chi connectivity index (χ1n) is 6.48. The fourth-order valence-corrected chi connectivity index (χ4v) is 2.18. The third kappa shape index (κ3) is 3.23. The molecule has 98 valence electrons. The van der Waals surface area contributed by atoms with Crippen LogP contribution in [0.2, 0.25) is 0 Å². The molecule has 2 amide bonds. The van der Waals surface area contributed by atoms with E-state index in [0.29, 0.717) is 12.6 Å². The summed E-state index contributed by atoms with van der Waals surface area (Å²) in [5.41, 5.74) is 1.13. The Morgan fingerprint density at radius 1 is 1.39 bits per heavy atom. The lowest BCUT2D eigenvalue weighted by atomic mass is 10.1. The van der Waals surface area contributed by atoms with E-state index >= 15 is 0 Å². The summed E-state index contributed by atoms with van der Waals surface area (Å²) in [6.07, 6.45) is 0. The number of urea groups is 1. The third-order valence-corrected chi connectivity index (χ3v) is 3.31. The van der Waals surface area contributed by atoms with Crippen LogP contribution in [-0.2, 0) is 6.54 Å². The van der Waals surface area contributed by atoms with Crippen LogP contribution in [0.3, 0.4) is 0 Å². The van der Waals surface area contributed by atoms with Crippen LogP contribution in [0.25, 0.3) is 0 Å². The lowest BCUT2D eigenvalue weighted by Crippen LogP contribution is -2.58. The van der Waals surface area contributed by atoms with E-state index < -0.39 is 0 Å². The van der Waals surface area contributed by atoms with E-state index in [-0.39, 0.29) is 12.1 Å². The fraction of sp³-hybridized carbons (Fsp3) is 0.500. The van der Waals surface area contributed by atoms with Gasteiger partial charge in [0.2, 0.25) is 0 Å². The molecule has 1 heterocycles. The van der Waals surface area contributed by atoms with Crippen molar-refractivity contribution in [2.45, 2.75) is 32.5 Å². The zero-order chi connectivity index (χ0) is 13.0. The Labute approximate surface area is 108 Å². The molecule has 1 aliphatic heterocycles. The molecule has 18 heavy (non-hydrogen) atoms. The number of carbonyl (C=O) groups excluding carboxylic acids is 1. The Morgan fingerprint density at radius 3 is 2.83 bits per heavy atom. The molecule has 4 heteroatoms. The average molecular weight is 247 g/mol. The molecule has 0 saturated carbocycles. The Hall–Kier alpha value is -1.55. The highest BCUT2D eigenvalue weighted by Crippen LogP contribution is 2.07. The molecule has 0 aliphatic carbocycles. The van der Waals surface area contributed by atoms with Gasteiger partial charge in [-0.3, -0.25) is 0 Å². The zero-order valence-corrected chi connectivity index (χ0v) is 11.0. The Kier molecular flexibility index (Phi) is 4.20. The van der Waals surface area contributed by atoms with Crippen molar-refractivity contribution in [1.29, 1.82) is 0 Å². The quantitative estimate of drug-likeness (QED) is 0.833. The van der Waals surface area contributed by atoms with Gasteiger partial charge in [-0.15, -0.1) is 0 Å². The van der Waals surface area contributed by atoms with E-state index in [1.54, 1.807) is 0 Å². The van der Waals surface area contributed by atoms with E-state index in [2.05, 4.69) is 24.5 Å². The molecule has 2 atom stereocenters. The van der Waals surface area contributed by atoms with E-state index in [0.717, 1.165) is 18.7 Å². The molecule has 0 bridgehead atoms. The summed E-state index contributed by atoms with van der Waals surface area (Å²) in [6.45, 7) is 6.39. The fourth-order valence-electron chi connectivity index (χ4n) is 2.18. The maximum Gasteiger partial charge on any atom is 0.318 e. The number of amides is 2. The first-order chi connectivity index (χ1) is 8.66. The second kappa shape index (κ2) is 5.87. The van der Waals surface area contributed by atoms with Gasteiger partial charge in [0, 0.05) is 31.7 Å². The van der Waals surface area contributed by atoms with Gasteiger partial charge in [-0.05, 0) is 19.4 Å². The molecular weight excluding hydrogens is 226 g/mol. The van der Waals surface area contributed by atoms with Crippen LogP contribution in [0.5, 0.6) is 0 Å². The number of carbonyl (C=O) groups is 1. The lowest BCUT2D eigenvalue weighted by molar-refractivity contribution is 0.150. The molecule has 2 unspecified atom stereocenters. The van der Waals surface area contributed by atoms with Gasteiger partial charge < -0.3 is 15.5 Å². The molecule has 0 spiro atoms. The molecular formula is C14H21N3O. The van der Waals surface area contributed by atoms with Crippen molar-refractivity contribution in [2.24, 2.45) is 0 Å². The minimum atomic E-state index is 0.0275. The first-order valence-corrected chi connectivity index (χ1v) is 6.48. The highest BCUT2D eigenvalue weighted by molar-refractivity contribution is 5.74. The highest BCUT2D eigenvalue weighted by Gasteiger charge is 2.26. The van der Waals surface area contributed by atoms with Gasteiger partial charge in [-0.25, -0.2) is 4.79 Å². The van der Waals surface area contributed by atoms with E-state index in [1.807, 2.05) is 35.2 Å². The van der Waals surface area contributed by atoms with Gasteiger partial charge in [-0.1, -0.05) is 30.3 Å². The number of benzene rings is 1. The monoisotopic (exact) mass is 247 g/mol. The van der Waals surface area contributed by atoms with Crippen molar-refractivity contribution in [3.8, 4) is 0 Å². The van der Waals surface area contributed by atoms with E-state index in [4.69, 9.17) is 0 Å². The number of hydrogen-bond acceptors (Lipinski definition) is 2. The Bertz CT molecular complexity index is 393. The number of hydrogen-bond donors (Lipinski definition) is 2. The summed E-state index contributed by atoms with van der Waals surface area (Å²) >= 11 is 0. The summed E-state index contributed by atoms with van der Waals surface area (Å²) in [4.78, 5) is 14.0. The summed E-state index contributed by atoms with van der Waals surface area (Å²) in [5.74, 6) is 0. The number of rotatable bonds is 2. The van der Waals surface area contributed by atoms with Crippen molar-refractivity contribution >= 4 is 6.03 Å². The van der Waals surface area contributed by atoms with Gasteiger partial charge in [0.15, 0.2) is 0 Å². The number of nitrogens with zero attached hydrogens (tertiary/aromatic N) is 1. The Balaban J connectivity index is 1.87. The van der Waals surface area contributed by atoms with Crippen molar-refractivity contribution in [2.75, 3.05) is 13.1 Å². The number of piperazine rings is 1. The van der Waals surface area contributed by atoms with Gasteiger partial charge in [0.05, 0.1) is 0 Å². The van der Waals surface area contributed by atoms with Crippen molar-refractivity contribution in [3.05, 3.63) is 35.9 Å². The standard InChI is InChI=1S/C14H21N3O/c1-11-10-17(12(2)8-15-11)14(18)16-9-13-6-4-3-5-7-13/h3-7,11-12,15H,8-10H2,1-2H3,(H,16,18). The molecule has 0 radical (unpaired) electrons. The summed E-state index contributed by atoms with van der Waals surface area (Å²) < 4.78 is 0. The van der Waals surface area contributed by atoms with Gasteiger partial charge in [-0.2, -0.15) is 0 Å². The predicted molar refractivity (Wildman–Crippen MR) is 72.3 cm³/mol. The zero-order valence-electron chi connectivity index (χ0n) is 11.0.